The second-order valence-electron chi connectivity index (χ2n) is 5.34. The molecule has 0 fully saturated rings. The molecule has 0 bridgehead atoms. The third kappa shape index (κ3) is 4.06. The Kier molecular flexibility index (Phi) is 4.88. The number of hydrogen-bond donors (Lipinski definition) is 1. The fourth-order valence-corrected chi connectivity index (χ4v) is 2.51. The van der Waals surface area contributed by atoms with Gasteiger partial charge in [-0.25, -0.2) is 8.78 Å². The smallest absolute Gasteiger partial charge is 0.145 e. The van der Waals surface area contributed by atoms with E-state index in [9.17, 15) is 8.78 Å². The molecule has 0 amide bonds. The number of rotatable bonds is 5. The third-order valence-corrected chi connectivity index (χ3v) is 3.86. The second kappa shape index (κ2) is 7.06. The molecule has 2 aromatic rings. The van der Waals surface area contributed by atoms with Crippen LogP contribution in [0.1, 0.15) is 17.5 Å². The minimum Gasteiger partial charge on any atom is -0.390 e. The highest BCUT2D eigenvalue weighted by Crippen LogP contribution is 2.18. The first-order valence-electron chi connectivity index (χ1n) is 7.25. The van der Waals surface area contributed by atoms with E-state index in [1.54, 1.807) is 0 Å². The molecule has 0 aliphatic carbocycles. The molecule has 6 heteroatoms. The average Bonchev–Trinajstić information content (AvgIpc) is 2.99. The van der Waals surface area contributed by atoms with Crippen molar-refractivity contribution in [3.8, 4) is 0 Å². The SMILES string of the molecule is Fc1ccc(CNC[C@H]2CC(c3ccc(Cl)cc3)=NO2)c(F)c1. The maximum absolute atomic E-state index is 13.5. The van der Waals surface area contributed by atoms with Crippen molar-refractivity contribution in [3.05, 3.63) is 70.2 Å². The molecule has 0 aromatic heterocycles. The van der Waals surface area contributed by atoms with Gasteiger partial charge in [-0.3, -0.25) is 0 Å². The van der Waals surface area contributed by atoms with Gasteiger partial charge in [0.05, 0.1) is 5.71 Å². The van der Waals surface area contributed by atoms with E-state index in [1.165, 1.54) is 12.1 Å². The molecule has 0 unspecified atom stereocenters. The van der Waals surface area contributed by atoms with Crippen molar-refractivity contribution in [2.75, 3.05) is 6.54 Å². The second-order valence-corrected chi connectivity index (χ2v) is 5.78. The monoisotopic (exact) mass is 336 g/mol. The third-order valence-electron chi connectivity index (χ3n) is 3.61. The zero-order chi connectivity index (χ0) is 16.2. The lowest BCUT2D eigenvalue weighted by molar-refractivity contribution is 0.0848. The van der Waals surface area contributed by atoms with Crippen LogP contribution in [0.15, 0.2) is 47.6 Å². The Morgan fingerprint density at radius 2 is 1.96 bits per heavy atom. The highest BCUT2D eigenvalue weighted by Gasteiger charge is 2.21. The van der Waals surface area contributed by atoms with Gasteiger partial charge in [-0.05, 0) is 23.8 Å². The summed E-state index contributed by atoms with van der Waals surface area (Å²) < 4.78 is 26.4. The summed E-state index contributed by atoms with van der Waals surface area (Å²) in [6.07, 6.45) is 0.560. The van der Waals surface area contributed by atoms with Crippen molar-refractivity contribution in [2.45, 2.75) is 19.1 Å². The van der Waals surface area contributed by atoms with Gasteiger partial charge in [0.15, 0.2) is 0 Å². The molecule has 0 saturated heterocycles. The summed E-state index contributed by atoms with van der Waals surface area (Å²) >= 11 is 5.86. The number of nitrogens with zero attached hydrogens (tertiary/aromatic N) is 1. The first-order chi connectivity index (χ1) is 11.1. The Morgan fingerprint density at radius 1 is 1.17 bits per heavy atom. The molecule has 1 aliphatic rings. The van der Waals surface area contributed by atoms with Crippen molar-refractivity contribution in [1.29, 1.82) is 0 Å². The summed E-state index contributed by atoms with van der Waals surface area (Å²) in [4.78, 5) is 5.38. The van der Waals surface area contributed by atoms with E-state index >= 15 is 0 Å². The predicted molar refractivity (Wildman–Crippen MR) is 85.5 cm³/mol. The van der Waals surface area contributed by atoms with Crippen LogP contribution in [0.3, 0.4) is 0 Å². The van der Waals surface area contributed by atoms with Crippen molar-refractivity contribution in [3.63, 3.8) is 0 Å². The molecule has 2 aromatic carbocycles. The Morgan fingerprint density at radius 3 is 2.70 bits per heavy atom. The summed E-state index contributed by atoms with van der Waals surface area (Å²) in [5, 5.41) is 7.86. The van der Waals surface area contributed by atoms with Crippen molar-refractivity contribution in [1.82, 2.24) is 5.32 Å². The zero-order valence-corrected chi connectivity index (χ0v) is 13.0. The summed E-state index contributed by atoms with van der Waals surface area (Å²) in [5.74, 6) is -1.13. The van der Waals surface area contributed by atoms with Crippen molar-refractivity contribution >= 4 is 17.3 Å². The number of benzene rings is 2. The molecule has 3 rings (SSSR count). The first-order valence-corrected chi connectivity index (χ1v) is 7.63. The maximum Gasteiger partial charge on any atom is 0.145 e. The lowest BCUT2D eigenvalue weighted by Gasteiger charge is -2.10. The van der Waals surface area contributed by atoms with Gasteiger partial charge >= 0.3 is 0 Å². The number of oxime groups is 1. The lowest BCUT2D eigenvalue weighted by Crippen LogP contribution is -2.27. The van der Waals surface area contributed by atoms with Crippen LogP contribution in [0, 0.1) is 11.6 Å². The minimum absolute atomic E-state index is 0.107. The van der Waals surface area contributed by atoms with Gasteiger partial charge in [0.2, 0.25) is 0 Å². The Labute approximate surface area is 137 Å². The van der Waals surface area contributed by atoms with Gasteiger partial charge in [0.1, 0.15) is 17.7 Å². The number of halogens is 3. The van der Waals surface area contributed by atoms with Crippen LogP contribution in [0.25, 0.3) is 0 Å². The predicted octanol–water partition coefficient (Wildman–Crippen LogP) is 3.90. The normalized spacial score (nSPS) is 17.0. The van der Waals surface area contributed by atoms with Crippen molar-refractivity contribution in [2.24, 2.45) is 5.16 Å². The van der Waals surface area contributed by atoms with Crippen molar-refractivity contribution < 1.29 is 13.6 Å². The van der Waals surface area contributed by atoms with Gasteiger partial charge in [-0.2, -0.15) is 0 Å². The summed E-state index contributed by atoms with van der Waals surface area (Å²) in [5.41, 5.74) is 2.26. The highest BCUT2D eigenvalue weighted by molar-refractivity contribution is 6.30. The Bertz CT molecular complexity index is 719. The maximum atomic E-state index is 13.5. The molecular formula is C17H15ClF2N2O. The largest absolute Gasteiger partial charge is 0.390 e. The van der Waals surface area contributed by atoms with Crippen LogP contribution < -0.4 is 5.32 Å². The topological polar surface area (TPSA) is 33.6 Å². The molecule has 3 nitrogen and oxygen atoms in total. The fourth-order valence-electron chi connectivity index (χ4n) is 2.38. The fraction of sp³-hybridized carbons (Fsp3) is 0.235. The highest BCUT2D eigenvalue weighted by atomic mass is 35.5. The van der Waals surface area contributed by atoms with E-state index in [4.69, 9.17) is 16.4 Å². The van der Waals surface area contributed by atoms with E-state index in [0.29, 0.717) is 30.1 Å². The molecule has 1 atom stereocenters. The average molecular weight is 337 g/mol. The van der Waals surface area contributed by atoms with E-state index in [1.807, 2.05) is 24.3 Å². The Balaban J connectivity index is 1.49. The van der Waals surface area contributed by atoms with E-state index in [0.717, 1.165) is 17.3 Å². The van der Waals surface area contributed by atoms with Crippen LogP contribution in [-0.4, -0.2) is 18.4 Å². The van der Waals surface area contributed by atoms with Gasteiger partial charge in [-0.1, -0.05) is 35.0 Å². The summed E-state index contributed by atoms with van der Waals surface area (Å²) in [6.45, 7) is 0.833. The lowest BCUT2D eigenvalue weighted by atomic mass is 10.1. The molecule has 1 N–H and O–H groups in total. The van der Waals surface area contributed by atoms with Gasteiger partial charge in [-0.15, -0.1) is 0 Å². The number of hydrogen-bond acceptors (Lipinski definition) is 3. The van der Waals surface area contributed by atoms with Crippen LogP contribution in [0.4, 0.5) is 8.78 Å². The first kappa shape index (κ1) is 15.9. The molecule has 1 aliphatic heterocycles. The van der Waals surface area contributed by atoms with Gasteiger partial charge in [0, 0.05) is 36.2 Å². The van der Waals surface area contributed by atoms with Gasteiger partial charge < -0.3 is 10.2 Å². The molecule has 1 heterocycles. The van der Waals surface area contributed by atoms with E-state index < -0.39 is 11.6 Å². The van der Waals surface area contributed by atoms with Crippen LogP contribution in [0.2, 0.25) is 5.02 Å². The molecule has 0 saturated carbocycles. The molecule has 120 valence electrons. The van der Waals surface area contributed by atoms with Crippen LogP contribution in [-0.2, 0) is 11.4 Å². The standard InChI is InChI=1S/C17H15ClF2N2O/c18-13-4-1-11(2-5-13)17-8-15(23-22-17)10-21-9-12-3-6-14(19)7-16(12)20/h1-7,15,21H,8-10H2/t15-/m1/s1. The summed E-state index contributed by atoms with van der Waals surface area (Å²) in [6, 6.07) is 11.0. The molecule has 0 spiro atoms. The molecule has 23 heavy (non-hydrogen) atoms. The molecular weight excluding hydrogens is 322 g/mol. The summed E-state index contributed by atoms with van der Waals surface area (Å²) in [7, 11) is 0. The van der Waals surface area contributed by atoms with Crippen LogP contribution >= 0.6 is 11.6 Å². The van der Waals surface area contributed by atoms with E-state index in [2.05, 4.69) is 10.5 Å². The molecule has 0 radical (unpaired) electrons. The van der Waals surface area contributed by atoms with Gasteiger partial charge in [0.25, 0.3) is 0 Å². The van der Waals surface area contributed by atoms with E-state index in [-0.39, 0.29) is 6.10 Å². The quantitative estimate of drug-likeness (QED) is 0.898. The zero-order valence-electron chi connectivity index (χ0n) is 12.2. The Hall–Kier alpha value is -1.98. The number of nitrogens with one attached hydrogen (secondary N) is 1. The van der Waals surface area contributed by atoms with Crippen LogP contribution in [0.5, 0.6) is 0 Å². The minimum atomic E-state index is -0.577.